The van der Waals surface area contributed by atoms with Gasteiger partial charge in [0.2, 0.25) is 11.8 Å². The second-order valence-corrected chi connectivity index (χ2v) is 10.8. The fraction of sp³-hybridized carbons (Fsp3) is 0.406. The Morgan fingerprint density at radius 2 is 1.83 bits per heavy atom. The van der Waals surface area contributed by atoms with Crippen LogP contribution >= 0.6 is 0 Å². The number of ether oxygens (including phenoxy) is 1. The molecule has 0 fully saturated rings. The molecule has 0 radical (unpaired) electrons. The molecule has 0 spiro atoms. The van der Waals surface area contributed by atoms with Crippen LogP contribution in [0.5, 0.6) is 0 Å². The third-order valence-electron chi connectivity index (χ3n) is 6.65. The lowest BCUT2D eigenvalue weighted by molar-refractivity contribution is -0.155. The van der Waals surface area contributed by atoms with E-state index >= 15 is 0 Å². The molecule has 0 saturated heterocycles. The van der Waals surface area contributed by atoms with Crippen molar-refractivity contribution in [1.82, 2.24) is 15.6 Å². The quantitative estimate of drug-likeness (QED) is 0.471. The molecule has 2 aromatic rings. The van der Waals surface area contributed by atoms with Crippen LogP contribution in [0.1, 0.15) is 56.1 Å². The standard InChI is InChI=1S/C32H39N3O7/c1-20(2)30-22(4)12-13-28(38)33-14-8-9-21(3)15-24(36)17-25(37)18-29-34-27(19-41-29)31(39)35-26(32(40)42-30)16-23-10-6-5-7-11-23/h5-13,15,19-20,22,24,26,30,36H,14,16-18H2,1-4H3,(H,33,38)(H,35,39)/b9-8+,13-12+,21-15+/t22-,24-,26-,30?/m1/s1. The molecule has 0 saturated carbocycles. The number of esters is 1. The van der Waals surface area contributed by atoms with Gasteiger partial charge in [-0.15, -0.1) is 0 Å². The first kappa shape index (κ1) is 32.2. The molecule has 224 valence electrons. The van der Waals surface area contributed by atoms with Crippen molar-refractivity contribution >= 4 is 23.6 Å². The van der Waals surface area contributed by atoms with Crippen molar-refractivity contribution in [2.45, 2.75) is 65.2 Å². The number of benzene rings is 1. The Hall–Kier alpha value is -4.31. The number of carbonyl (C=O) groups excluding carboxylic acids is 4. The van der Waals surface area contributed by atoms with Crippen molar-refractivity contribution in [3.63, 3.8) is 0 Å². The molecule has 4 atom stereocenters. The summed E-state index contributed by atoms with van der Waals surface area (Å²) >= 11 is 0. The molecule has 2 heterocycles. The highest BCUT2D eigenvalue weighted by molar-refractivity contribution is 5.95. The first-order chi connectivity index (χ1) is 20.0. The van der Waals surface area contributed by atoms with E-state index in [1.54, 1.807) is 25.2 Å². The highest BCUT2D eigenvalue weighted by Gasteiger charge is 2.30. The molecule has 42 heavy (non-hydrogen) atoms. The Morgan fingerprint density at radius 1 is 1.10 bits per heavy atom. The Kier molecular flexibility index (Phi) is 12.0. The zero-order valence-electron chi connectivity index (χ0n) is 24.4. The number of cyclic esters (lactones) is 1. The number of Topliss-reactive ketones (excluding diaryl/α,β-unsaturated/α-hetero) is 1. The number of rotatable bonds is 3. The number of hydrogen-bond acceptors (Lipinski definition) is 8. The third kappa shape index (κ3) is 10.3. The maximum absolute atomic E-state index is 13.5. The smallest absolute Gasteiger partial charge is 0.329 e. The number of allylic oxidation sites excluding steroid dienone is 2. The van der Waals surface area contributed by atoms with Crippen molar-refractivity contribution in [1.29, 1.82) is 0 Å². The number of aliphatic hydroxyl groups is 1. The third-order valence-corrected chi connectivity index (χ3v) is 6.65. The molecule has 1 aromatic carbocycles. The minimum atomic E-state index is -1.04. The second-order valence-electron chi connectivity index (χ2n) is 10.8. The summed E-state index contributed by atoms with van der Waals surface area (Å²) in [7, 11) is 0. The summed E-state index contributed by atoms with van der Waals surface area (Å²) in [6, 6.07) is 8.16. The Labute approximate surface area is 245 Å². The van der Waals surface area contributed by atoms with Crippen molar-refractivity contribution in [3.05, 3.63) is 89.7 Å². The molecule has 1 unspecified atom stereocenters. The van der Waals surface area contributed by atoms with E-state index in [4.69, 9.17) is 9.15 Å². The van der Waals surface area contributed by atoms with E-state index in [0.29, 0.717) is 5.57 Å². The molecule has 3 rings (SSSR count). The zero-order valence-corrected chi connectivity index (χ0v) is 24.4. The lowest BCUT2D eigenvalue weighted by Gasteiger charge is -2.28. The molecule has 0 aliphatic carbocycles. The molecule has 1 aromatic heterocycles. The first-order valence-corrected chi connectivity index (χ1v) is 14.0. The van der Waals surface area contributed by atoms with Crippen LogP contribution in [0, 0.1) is 11.8 Å². The predicted molar refractivity (Wildman–Crippen MR) is 156 cm³/mol. The first-order valence-electron chi connectivity index (χ1n) is 14.0. The van der Waals surface area contributed by atoms with Gasteiger partial charge in [-0.25, -0.2) is 9.78 Å². The molecule has 3 N–H and O–H groups in total. The van der Waals surface area contributed by atoms with Crippen molar-refractivity contribution in [3.8, 4) is 0 Å². The van der Waals surface area contributed by atoms with Gasteiger partial charge in [-0.1, -0.05) is 81.0 Å². The van der Waals surface area contributed by atoms with E-state index in [-0.39, 0.29) is 60.9 Å². The lowest BCUT2D eigenvalue weighted by atomic mass is 9.94. The van der Waals surface area contributed by atoms with Crippen LogP contribution in [0.15, 0.2) is 77.0 Å². The van der Waals surface area contributed by atoms with Gasteiger partial charge in [0.1, 0.15) is 24.2 Å². The van der Waals surface area contributed by atoms with Gasteiger partial charge in [-0.3, -0.25) is 14.4 Å². The van der Waals surface area contributed by atoms with Crippen LogP contribution in [0.25, 0.3) is 0 Å². The van der Waals surface area contributed by atoms with E-state index in [0.717, 1.165) is 11.8 Å². The number of aromatic nitrogens is 1. The largest absolute Gasteiger partial charge is 0.460 e. The normalized spacial score (nSPS) is 26.4. The van der Waals surface area contributed by atoms with Crippen molar-refractivity contribution in [2.75, 3.05) is 6.54 Å². The van der Waals surface area contributed by atoms with Crippen LogP contribution < -0.4 is 10.6 Å². The summed E-state index contributed by atoms with van der Waals surface area (Å²) in [4.78, 5) is 55.6. The van der Waals surface area contributed by atoms with Gasteiger partial charge in [-0.05, 0) is 24.5 Å². The van der Waals surface area contributed by atoms with Crippen LogP contribution in [-0.2, 0) is 32.0 Å². The van der Waals surface area contributed by atoms with E-state index in [9.17, 15) is 24.3 Å². The number of amides is 2. The van der Waals surface area contributed by atoms with Crippen LogP contribution in [0.4, 0.5) is 0 Å². The number of aliphatic hydroxyl groups excluding tert-OH is 1. The molecule has 10 heteroatoms. The zero-order chi connectivity index (χ0) is 30.6. The molecule has 10 nitrogen and oxygen atoms in total. The average molecular weight is 578 g/mol. The fourth-order valence-corrected chi connectivity index (χ4v) is 4.54. The summed E-state index contributed by atoms with van der Waals surface area (Å²) in [5.74, 6) is -2.29. The number of nitrogens with one attached hydrogen (secondary N) is 2. The van der Waals surface area contributed by atoms with Crippen LogP contribution in [-0.4, -0.2) is 58.5 Å². The number of carbonyl (C=O) groups is 4. The monoisotopic (exact) mass is 577 g/mol. The van der Waals surface area contributed by atoms with Crippen LogP contribution in [0.3, 0.4) is 0 Å². The summed E-state index contributed by atoms with van der Waals surface area (Å²) in [5.41, 5.74) is 1.44. The highest BCUT2D eigenvalue weighted by Crippen LogP contribution is 2.20. The Balaban J connectivity index is 1.90. The van der Waals surface area contributed by atoms with Gasteiger partial charge in [0, 0.05) is 25.3 Å². The van der Waals surface area contributed by atoms with E-state index in [1.807, 2.05) is 51.1 Å². The van der Waals surface area contributed by atoms with Crippen LogP contribution in [0.2, 0.25) is 0 Å². The summed E-state index contributed by atoms with van der Waals surface area (Å²) in [6.45, 7) is 7.71. The van der Waals surface area contributed by atoms with Crippen molar-refractivity contribution < 1.29 is 33.4 Å². The number of ketones is 1. The summed E-state index contributed by atoms with van der Waals surface area (Å²) in [5, 5.41) is 15.7. The van der Waals surface area contributed by atoms with Gasteiger partial charge < -0.3 is 24.9 Å². The van der Waals surface area contributed by atoms with Gasteiger partial charge in [0.15, 0.2) is 5.69 Å². The predicted octanol–water partition coefficient (Wildman–Crippen LogP) is 3.27. The van der Waals surface area contributed by atoms with Crippen molar-refractivity contribution in [2.24, 2.45) is 11.8 Å². The number of nitrogens with zero attached hydrogens (tertiary/aromatic N) is 1. The molecular weight excluding hydrogens is 538 g/mol. The highest BCUT2D eigenvalue weighted by atomic mass is 16.5. The Morgan fingerprint density at radius 3 is 2.55 bits per heavy atom. The average Bonchev–Trinajstić information content (AvgIpc) is 3.40. The molecule has 2 bridgehead atoms. The van der Waals surface area contributed by atoms with E-state index in [2.05, 4.69) is 15.6 Å². The summed E-state index contributed by atoms with van der Waals surface area (Å²) in [6.07, 6.45) is 7.41. The van der Waals surface area contributed by atoms with Gasteiger partial charge >= 0.3 is 5.97 Å². The molecule has 1 aliphatic heterocycles. The van der Waals surface area contributed by atoms with E-state index in [1.165, 1.54) is 12.2 Å². The summed E-state index contributed by atoms with van der Waals surface area (Å²) < 4.78 is 11.3. The number of oxazole rings is 1. The fourth-order valence-electron chi connectivity index (χ4n) is 4.54. The number of fused-ring (bicyclic) bond motifs is 2. The van der Waals surface area contributed by atoms with Gasteiger partial charge in [0.25, 0.3) is 5.91 Å². The maximum Gasteiger partial charge on any atom is 0.329 e. The minimum absolute atomic E-state index is 0.0229. The number of hydrogen-bond donors (Lipinski definition) is 3. The Bertz CT molecular complexity index is 1330. The SMILES string of the molecule is CC1=C\[C@@H](O)CC(=O)Cc2nc(co2)C(=O)N[C@H](Cc2ccccc2)C(=O)OC(C(C)C)[C@H](C)/C=C/C(=O)NC\C=C\1. The second kappa shape index (κ2) is 15.6. The molecular formula is C32H39N3O7. The van der Waals surface area contributed by atoms with Gasteiger partial charge in [-0.2, -0.15) is 0 Å². The molecule has 2 amide bonds. The lowest BCUT2D eigenvalue weighted by Crippen LogP contribution is -2.46. The molecule has 1 aliphatic rings. The maximum atomic E-state index is 13.5. The topological polar surface area (TPSA) is 148 Å². The van der Waals surface area contributed by atoms with E-state index < -0.39 is 30.1 Å². The minimum Gasteiger partial charge on any atom is -0.460 e. The van der Waals surface area contributed by atoms with Gasteiger partial charge in [0.05, 0.1) is 12.5 Å².